The van der Waals surface area contributed by atoms with Crippen molar-refractivity contribution in [1.29, 1.82) is 0 Å². The molecule has 6 heteroatoms. The van der Waals surface area contributed by atoms with Crippen LogP contribution in [-0.4, -0.2) is 54.2 Å². The van der Waals surface area contributed by atoms with Crippen molar-refractivity contribution in [2.45, 2.75) is 44.7 Å². The molecule has 2 aliphatic heterocycles. The number of amides is 3. The van der Waals surface area contributed by atoms with Crippen LogP contribution >= 0.6 is 0 Å². The Balaban J connectivity index is 1.95. The zero-order valence-corrected chi connectivity index (χ0v) is 11.9. The molecule has 0 radical (unpaired) electrons. The average molecular weight is 269 g/mol. The number of ether oxygens (including phenoxy) is 1. The standard InChI is InChI=1S/C13H23N3O3/c1-12(2,3)14-6-7-16-10(17)13(15-11(16)18)4-8-19-9-5-13/h14H,4-9H2,1-3H3,(H,15,18). The minimum atomic E-state index is -0.711. The first-order valence-corrected chi connectivity index (χ1v) is 6.81. The Labute approximate surface area is 113 Å². The maximum Gasteiger partial charge on any atom is 0.325 e. The van der Waals surface area contributed by atoms with E-state index in [0.29, 0.717) is 39.1 Å². The summed E-state index contributed by atoms with van der Waals surface area (Å²) in [4.78, 5) is 25.7. The second kappa shape index (κ2) is 5.09. The van der Waals surface area contributed by atoms with Crippen LogP contribution in [0.5, 0.6) is 0 Å². The third-order valence-electron chi connectivity index (χ3n) is 3.58. The Hall–Kier alpha value is -1.14. The van der Waals surface area contributed by atoms with E-state index in [-0.39, 0.29) is 17.5 Å². The van der Waals surface area contributed by atoms with Gasteiger partial charge in [0.25, 0.3) is 5.91 Å². The van der Waals surface area contributed by atoms with Crippen LogP contribution in [0, 0.1) is 0 Å². The molecule has 0 unspecified atom stereocenters. The minimum absolute atomic E-state index is 0.0182. The van der Waals surface area contributed by atoms with E-state index in [1.807, 2.05) is 0 Å². The van der Waals surface area contributed by atoms with Crippen molar-refractivity contribution in [2.75, 3.05) is 26.3 Å². The Morgan fingerprint density at radius 3 is 2.53 bits per heavy atom. The van der Waals surface area contributed by atoms with Gasteiger partial charge in [-0.2, -0.15) is 0 Å². The molecule has 2 rings (SSSR count). The molecule has 0 aromatic carbocycles. The van der Waals surface area contributed by atoms with E-state index in [0.717, 1.165) is 0 Å². The van der Waals surface area contributed by atoms with Gasteiger partial charge in [0.05, 0.1) is 0 Å². The predicted octanol–water partition coefficient (Wildman–Crippen LogP) is 0.476. The van der Waals surface area contributed by atoms with Gasteiger partial charge in [-0.05, 0) is 20.8 Å². The normalized spacial score (nSPS) is 23.0. The van der Waals surface area contributed by atoms with Crippen LogP contribution in [0.25, 0.3) is 0 Å². The third-order valence-corrected chi connectivity index (χ3v) is 3.58. The number of urea groups is 1. The molecule has 0 atom stereocenters. The van der Waals surface area contributed by atoms with Gasteiger partial charge in [0.2, 0.25) is 0 Å². The molecule has 19 heavy (non-hydrogen) atoms. The topological polar surface area (TPSA) is 70.7 Å². The fraction of sp³-hybridized carbons (Fsp3) is 0.846. The molecule has 6 nitrogen and oxygen atoms in total. The fourth-order valence-corrected chi connectivity index (χ4v) is 2.48. The second-order valence-electron chi connectivity index (χ2n) is 6.26. The zero-order valence-electron chi connectivity index (χ0n) is 11.9. The van der Waals surface area contributed by atoms with Crippen LogP contribution in [0.1, 0.15) is 33.6 Å². The summed E-state index contributed by atoms with van der Waals surface area (Å²) in [5.74, 6) is -0.100. The molecular weight excluding hydrogens is 246 g/mol. The first-order valence-electron chi connectivity index (χ1n) is 6.81. The van der Waals surface area contributed by atoms with Crippen LogP contribution in [-0.2, 0) is 9.53 Å². The van der Waals surface area contributed by atoms with E-state index in [4.69, 9.17) is 4.74 Å². The number of carbonyl (C=O) groups excluding carboxylic acids is 2. The summed E-state index contributed by atoms with van der Waals surface area (Å²) in [5.41, 5.74) is -0.729. The number of rotatable bonds is 3. The lowest BCUT2D eigenvalue weighted by molar-refractivity contribution is -0.134. The lowest BCUT2D eigenvalue weighted by Gasteiger charge is -2.30. The van der Waals surface area contributed by atoms with Gasteiger partial charge < -0.3 is 15.4 Å². The molecule has 2 saturated heterocycles. The first-order chi connectivity index (χ1) is 8.84. The smallest absolute Gasteiger partial charge is 0.325 e. The van der Waals surface area contributed by atoms with Gasteiger partial charge in [0, 0.05) is 44.7 Å². The SMILES string of the molecule is CC(C)(C)NCCN1C(=O)NC2(CCOCC2)C1=O. The van der Waals surface area contributed by atoms with E-state index in [1.165, 1.54) is 4.90 Å². The maximum absolute atomic E-state index is 12.4. The van der Waals surface area contributed by atoms with Crippen molar-refractivity contribution in [3.8, 4) is 0 Å². The van der Waals surface area contributed by atoms with Gasteiger partial charge in [-0.3, -0.25) is 9.69 Å². The third kappa shape index (κ3) is 3.06. The van der Waals surface area contributed by atoms with Crippen molar-refractivity contribution >= 4 is 11.9 Å². The number of nitrogens with zero attached hydrogens (tertiary/aromatic N) is 1. The van der Waals surface area contributed by atoms with Gasteiger partial charge in [-0.25, -0.2) is 4.79 Å². The molecule has 3 amide bonds. The van der Waals surface area contributed by atoms with Crippen molar-refractivity contribution in [3.63, 3.8) is 0 Å². The van der Waals surface area contributed by atoms with Gasteiger partial charge in [-0.15, -0.1) is 0 Å². The van der Waals surface area contributed by atoms with Crippen molar-refractivity contribution in [2.24, 2.45) is 0 Å². The molecule has 108 valence electrons. The fourth-order valence-electron chi connectivity index (χ4n) is 2.48. The number of nitrogens with one attached hydrogen (secondary N) is 2. The van der Waals surface area contributed by atoms with Gasteiger partial charge in [0.1, 0.15) is 5.54 Å². The van der Waals surface area contributed by atoms with Crippen LogP contribution in [0.2, 0.25) is 0 Å². The molecule has 0 aromatic heterocycles. The summed E-state index contributed by atoms with van der Waals surface area (Å²) >= 11 is 0. The highest BCUT2D eigenvalue weighted by Crippen LogP contribution is 2.28. The molecule has 0 aromatic rings. The zero-order chi connectivity index (χ0) is 14.1. The Bertz CT molecular complexity index is 370. The Morgan fingerprint density at radius 2 is 1.95 bits per heavy atom. The summed E-state index contributed by atoms with van der Waals surface area (Å²) in [7, 11) is 0. The highest BCUT2D eigenvalue weighted by Gasteiger charge is 2.51. The Kier molecular flexibility index (Phi) is 3.82. The van der Waals surface area contributed by atoms with E-state index in [1.54, 1.807) is 0 Å². The largest absolute Gasteiger partial charge is 0.381 e. The average Bonchev–Trinajstić information content (AvgIpc) is 2.53. The minimum Gasteiger partial charge on any atom is -0.381 e. The van der Waals surface area contributed by atoms with Gasteiger partial charge in [0.15, 0.2) is 0 Å². The van der Waals surface area contributed by atoms with Gasteiger partial charge >= 0.3 is 6.03 Å². The molecular formula is C13H23N3O3. The highest BCUT2D eigenvalue weighted by molar-refractivity contribution is 6.07. The lowest BCUT2D eigenvalue weighted by atomic mass is 9.90. The van der Waals surface area contributed by atoms with Gasteiger partial charge in [-0.1, -0.05) is 0 Å². The molecule has 2 heterocycles. The number of hydrogen-bond acceptors (Lipinski definition) is 4. The van der Waals surface area contributed by atoms with Crippen LogP contribution in [0.4, 0.5) is 4.79 Å². The molecule has 0 aliphatic carbocycles. The van der Waals surface area contributed by atoms with Crippen LogP contribution < -0.4 is 10.6 Å². The molecule has 0 saturated carbocycles. The number of hydrogen-bond donors (Lipinski definition) is 2. The maximum atomic E-state index is 12.4. The van der Waals surface area contributed by atoms with Crippen molar-refractivity contribution < 1.29 is 14.3 Å². The van der Waals surface area contributed by atoms with E-state index < -0.39 is 5.54 Å². The molecule has 0 bridgehead atoms. The van der Waals surface area contributed by atoms with E-state index in [9.17, 15) is 9.59 Å². The molecule has 2 fully saturated rings. The summed E-state index contributed by atoms with van der Waals surface area (Å²) in [6.07, 6.45) is 1.14. The second-order valence-corrected chi connectivity index (χ2v) is 6.26. The molecule has 1 spiro atoms. The summed E-state index contributed by atoms with van der Waals surface area (Å²) in [6, 6.07) is -0.275. The van der Waals surface area contributed by atoms with Crippen molar-refractivity contribution in [3.05, 3.63) is 0 Å². The van der Waals surface area contributed by atoms with Crippen LogP contribution in [0.15, 0.2) is 0 Å². The van der Waals surface area contributed by atoms with Crippen LogP contribution in [0.3, 0.4) is 0 Å². The predicted molar refractivity (Wildman–Crippen MR) is 70.8 cm³/mol. The first kappa shape index (κ1) is 14.3. The van der Waals surface area contributed by atoms with E-state index >= 15 is 0 Å². The van der Waals surface area contributed by atoms with Crippen molar-refractivity contribution in [1.82, 2.24) is 15.5 Å². The summed E-state index contributed by atoms with van der Waals surface area (Å²) in [5, 5.41) is 6.13. The summed E-state index contributed by atoms with van der Waals surface area (Å²) < 4.78 is 5.27. The monoisotopic (exact) mass is 269 g/mol. The molecule has 2 aliphatic rings. The Morgan fingerprint density at radius 1 is 1.32 bits per heavy atom. The lowest BCUT2D eigenvalue weighted by Crippen LogP contribution is -2.51. The molecule has 2 N–H and O–H groups in total. The van der Waals surface area contributed by atoms with E-state index in [2.05, 4.69) is 31.4 Å². The summed E-state index contributed by atoms with van der Waals surface area (Å²) in [6.45, 7) is 8.23. The quantitative estimate of drug-likeness (QED) is 0.731. The number of imide groups is 1. The highest BCUT2D eigenvalue weighted by atomic mass is 16.5. The number of carbonyl (C=O) groups is 2.